The predicted molar refractivity (Wildman–Crippen MR) is 86.2 cm³/mol. The molecule has 1 rings (SSSR count). The van der Waals surface area contributed by atoms with E-state index in [1.165, 1.54) is 64.2 Å². The Labute approximate surface area is 129 Å². The van der Waals surface area contributed by atoms with Crippen molar-refractivity contribution in [1.82, 2.24) is 10.2 Å². The third-order valence-electron chi connectivity index (χ3n) is 4.15. The lowest BCUT2D eigenvalue weighted by Crippen LogP contribution is -2.29. The molecule has 21 heavy (non-hydrogen) atoms. The summed E-state index contributed by atoms with van der Waals surface area (Å²) in [6, 6.07) is -0.219. The van der Waals surface area contributed by atoms with Gasteiger partial charge in [0.15, 0.2) is 0 Å². The maximum absolute atomic E-state index is 11.3. The molecule has 1 aliphatic heterocycles. The van der Waals surface area contributed by atoms with E-state index in [1.807, 2.05) is 0 Å². The van der Waals surface area contributed by atoms with E-state index in [-0.39, 0.29) is 18.5 Å². The van der Waals surface area contributed by atoms with Gasteiger partial charge in [-0.05, 0) is 6.42 Å². The topological polar surface area (TPSA) is 49.4 Å². The third-order valence-corrected chi connectivity index (χ3v) is 4.15. The highest BCUT2D eigenvalue weighted by atomic mass is 16.2. The molecular formula is C17H32N2O2. The van der Waals surface area contributed by atoms with Crippen LogP contribution in [0.4, 0.5) is 4.79 Å². The van der Waals surface area contributed by atoms with Crippen LogP contribution in [0.5, 0.6) is 0 Å². The second-order valence-electron chi connectivity index (χ2n) is 6.16. The zero-order valence-corrected chi connectivity index (χ0v) is 13.7. The fraction of sp³-hybridized carbons (Fsp3) is 0.882. The quantitative estimate of drug-likeness (QED) is 0.408. The van der Waals surface area contributed by atoms with Crippen LogP contribution in [-0.2, 0) is 4.79 Å². The number of nitrogens with zero attached hydrogens (tertiary/aromatic N) is 1. The smallest absolute Gasteiger partial charge is 0.315 e. The van der Waals surface area contributed by atoms with E-state index in [2.05, 4.69) is 12.2 Å². The summed E-state index contributed by atoms with van der Waals surface area (Å²) < 4.78 is 0. The molecule has 1 fully saturated rings. The van der Waals surface area contributed by atoms with Crippen molar-refractivity contribution in [3.8, 4) is 0 Å². The molecule has 1 N–H and O–H groups in total. The van der Waals surface area contributed by atoms with Crippen LogP contribution in [0, 0.1) is 0 Å². The molecule has 1 heterocycles. The Balaban J connectivity index is 1.79. The average Bonchev–Trinajstić information content (AvgIpc) is 2.78. The van der Waals surface area contributed by atoms with Crippen LogP contribution >= 0.6 is 0 Å². The first-order valence-electron chi connectivity index (χ1n) is 8.82. The van der Waals surface area contributed by atoms with E-state index in [0.29, 0.717) is 0 Å². The van der Waals surface area contributed by atoms with Gasteiger partial charge in [-0.15, -0.1) is 0 Å². The number of hydrogen-bond acceptors (Lipinski definition) is 2. The lowest BCUT2D eigenvalue weighted by molar-refractivity contribution is -0.118. The molecule has 4 nitrogen and oxygen atoms in total. The maximum Gasteiger partial charge on any atom is 0.324 e. The van der Waals surface area contributed by atoms with E-state index < -0.39 is 0 Å². The van der Waals surface area contributed by atoms with Crippen molar-refractivity contribution in [3.63, 3.8) is 0 Å². The average molecular weight is 296 g/mol. The standard InChI is InChI=1S/C17H32N2O2/c1-2-3-4-5-6-7-8-9-10-11-12-13-14-19-15-16(20)18-17(19)21/h2-15H2,1H3,(H,18,20,21). The van der Waals surface area contributed by atoms with Gasteiger partial charge in [0.05, 0.1) is 0 Å². The molecule has 0 radical (unpaired) electrons. The van der Waals surface area contributed by atoms with Crippen LogP contribution in [0.15, 0.2) is 0 Å². The van der Waals surface area contributed by atoms with Gasteiger partial charge in [-0.25, -0.2) is 4.79 Å². The van der Waals surface area contributed by atoms with Gasteiger partial charge in [0.25, 0.3) is 0 Å². The predicted octanol–water partition coefficient (Wildman–Crippen LogP) is 4.24. The van der Waals surface area contributed by atoms with Crippen molar-refractivity contribution in [2.45, 2.75) is 84.0 Å². The van der Waals surface area contributed by atoms with Crippen LogP contribution < -0.4 is 5.32 Å². The van der Waals surface area contributed by atoms with Crippen LogP contribution in [-0.4, -0.2) is 29.9 Å². The van der Waals surface area contributed by atoms with Gasteiger partial charge in [0, 0.05) is 6.54 Å². The van der Waals surface area contributed by atoms with Gasteiger partial charge in [0.2, 0.25) is 5.91 Å². The Kier molecular flexibility index (Phi) is 9.92. The number of nitrogens with one attached hydrogen (secondary N) is 1. The Bertz CT molecular complexity index is 305. The molecule has 0 unspecified atom stereocenters. The summed E-state index contributed by atoms with van der Waals surface area (Å²) >= 11 is 0. The molecule has 0 aromatic carbocycles. The highest BCUT2D eigenvalue weighted by Crippen LogP contribution is 2.12. The SMILES string of the molecule is CCCCCCCCCCCCCCN1CC(=O)NC1=O. The van der Waals surface area contributed by atoms with E-state index in [0.717, 1.165) is 19.4 Å². The second kappa shape index (κ2) is 11.6. The summed E-state index contributed by atoms with van der Waals surface area (Å²) in [5.41, 5.74) is 0. The molecule has 0 aliphatic carbocycles. The van der Waals surface area contributed by atoms with Crippen molar-refractivity contribution >= 4 is 11.9 Å². The first-order chi connectivity index (χ1) is 10.2. The van der Waals surface area contributed by atoms with Crippen molar-refractivity contribution in [2.75, 3.05) is 13.1 Å². The first kappa shape index (κ1) is 18.0. The van der Waals surface area contributed by atoms with Crippen LogP contribution in [0.25, 0.3) is 0 Å². The summed E-state index contributed by atoms with van der Waals surface area (Å²) in [5, 5.41) is 2.31. The number of unbranched alkanes of at least 4 members (excludes halogenated alkanes) is 11. The van der Waals surface area contributed by atoms with Gasteiger partial charge in [-0.2, -0.15) is 0 Å². The van der Waals surface area contributed by atoms with Crippen molar-refractivity contribution < 1.29 is 9.59 Å². The molecule has 0 spiro atoms. The minimum atomic E-state index is -0.219. The normalized spacial score (nSPS) is 14.8. The molecule has 3 amide bonds. The summed E-state index contributed by atoms with van der Waals surface area (Å²) in [7, 11) is 0. The number of imide groups is 1. The van der Waals surface area contributed by atoms with Gasteiger partial charge in [-0.1, -0.05) is 77.6 Å². The van der Waals surface area contributed by atoms with Gasteiger partial charge in [0.1, 0.15) is 6.54 Å². The lowest BCUT2D eigenvalue weighted by Gasteiger charge is -2.12. The number of urea groups is 1. The van der Waals surface area contributed by atoms with E-state index >= 15 is 0 Å². The van der Waals surface area contributed by atoms with Crippen molar-refractivity contribution in [2.24, 2.45) is 0 Å². The Hall–Kier alpha value is -1.06. The molecule has 0 atom stereocenters. The Morgan fingerprint density at radius 3 is 1.71 bits per heavy atom. The van der Waals surface area contributed by atoms with E-state index in [9.17, 15) is 9.59 Å². The Morgan fingerprint density at radius 2 is 1.29 bits per heavy atom. The number of carbonyl (C=O) groups is 2. The summed E-state index contributed by atoms with van der Waals surface area (Å²) in [4.78, 5) is 23.9. The monoisotopic (exact) mass is 296 g/mol. The zero-order chi connectivity index (χ0) is 15.3. The Morgan fingerprint density at radius 1 is 0.810 bits per heavy atom. The van der Waals surface area contributed by atoms with E-state index in [1.54, 1.807) is 4.90 Å². The minimum Gasteiger partial charge on any atom is -0.315 e. The highest BCUT2D eigenvalue weighted by Gasteiger charge is 2.25. The highest BCUT2D eigenvalue weighted by molar-refractivity contribution is 6.01. The number of rotatable bonds is 13. The largest absolute Gasteiger partial charge is 0.324 e. The second-order valence-corrected chi connectivity index (χ2v) is 6.16. The first-order valence-corrected chi connectivity index (χ1v) is 8.82. The summed E-state index contributed by atoms with van der Waals surface area (Å²) in [6.45, 7) is 3.22. The number of carbonyl (C=O) groups excluding carboxylic acids is 2. The fourth-order valence-electron chi connectivity index (χ4n) is 2.81. The lowest BCUT2D eigenvalue weighted by atomic mass is 10.1. The van der Waals surface area contributed by atoms with Gasteiger partial charge >= 0.3 is 6.03 Å². The van der Waals surface area contributed by atoms with Crippen molar-refractivity contribution in [3.05, 3.63) is 0 Å². The molecular weight excluding hydrogens is 264 g/mol. The maximum atomic E-state index is 11.3. The summed E-state index contributed by atoms with van der Waals surface area (Å²) in [5.74, 6) is -0.168. The van der Waals surface area contributed by atoms with Gasteiger partial charge in [-0.3, -0.25) is 10.1 Å². The third kappa shape index (κ3) is 8.74. The van der Waals surface area contributed by atoms with Gasteiger partial charge < -0.3 is 4.90 Å². The zero-order valence-electron chi connectivity index (χ0n) is 13.7. The van der Waals surface area contributed by atoms with Crippen LogP contribution in [0.2, 0.25) is 0 Å². The molecule has 0 aromatic heterocycles. The molecule has 4 heteroatoms. The molecule has 1 saturated heterocycles. The van der Waals surface area contributed by atoms with Crippen LogP contribution in [0.3, 0.4) is 0 Å². The summed E-state index contributed by atoms with van der Waals surface area (Å²) in [6.07, 6.45) is 15.8. The molecule has 0 saturated carbocycles. The van der Waals surface area contributed by atoms with E-state index in [4.69, 9.17) is 0 Å². The molecule has 0 bridgehead atoms. The van der Waals surface area contributed by atoms with Crippen molar-refractivity contribution in [1.29, 1.82) is 0 Å². The minimum absolute atomic E-state index is 0.168. The molecule has 1 aliphatic rings. The number of amides is 3. The van der Waals surface area contributed by atoms with Crippen LogP contribution in [0.1, 0.15) is 84.0 Å². The molecule has 0 aromatic rings. The fourth-order valence-corrected chi connectivity index (χ4v) is 2.81. The number of hydrogen-bond donors (Lipinski definition) is 1. The molecule has 122 valence electrons.